The van der Waals surface area contributed by atoms with E-state index < -0.39 is 0 Å². The lowest BCUT2D eigenvalue weighted by molar-refractivity contribution is 0.0610. The Hall–Kier alpha value is -0.120. The Labute approximate surface area is 125 Å². The number of hydrogen-bond donors (Lipinski definition) is 1. The van der Waals surface area contributed by atoms with Crippen LogP contribution in [0.1, 0.15) is 58.8 Å². The summed E-state index contributed by atoms with van der Waals surface area (Å²) < 4.78 is 0. The average molecular weight is 279 g/mol. The second-order valence-corrected chi connectivity index (χ2v) is 7.31. The van der Waals surface area contributed by atoms with Crippen LogP contribution in [0.5, 0.6) is 0 Å². The molecule has 0 amide bonds. The van der Waals surface area contributed by atoms with Crippen LogP contribution in [-0.4, -0.2) is 60.1 Å². The van der Waals surface area contributed by atoms with Crippen molar-refractivity contribution >= 4 is 0 Å². The molecule has 3 unspecified atom stereocenters. The van der Waals surface area contributed by atoms with Crippen LogP contribution in [0.15, 0.2) is 0 Å². The van der Waals surface area contributed by atoms with Gasteiger partial charge in [-0.2, -0.15) is 0 Å². The second-order valence-electron chi connectivity index (χ2n) is 7.31. The number of hydrogen-bond acceptors (Lipinski definition) is 3. The van der Waals surface area contributed by atoms with E-state index in [1.54, 1.807) is 0 Å². The minimum atomic E-state index is 0.762. The fraction of sp³-hybridized carbons (Fsp3) is 1.00. The monoisotopic (exact) mass is 279 g/mol. The van der Waals surface area contributed by atoms with E-state index in [1.165, 1.54) is 71.1 Å². The van der Waals surface area contributed by atoms with Gasteiger partial charge in [0.05, 0.1) is 0 Å². The molecule has 20 heavy (non-hydrogen) atoms. The standard InChI is InChI=1S/C17H33N3/c1-3-8-18-15-11-16-6-7-17(12-15)20(16)14(2)13-19-9-4-5-10-19/h14-18H,3-13H2,1-2H3. The first kappa shape index (κ1) is 14.8. The summed E-state index contributed by atoms with van der Waals surface area (Å²) in [5, 5.41) is 3.77. The molecule has 3 aliphatic rings. The first-order chi connectivity index (χ1) is 9.78. The molecule has 3 heteroatoms. The Balaban J connectivity index is 1.53. The van der Waals surface area contributed by atoms with Crippen LogP contribution in [0.2, 0.25) is 0 Å². The predicted octanol–water partition coefficient (Wildman–Crippen LogP) is 2.47. The molecule has 2 bridgehead atoms. The summed E-state index contributed by atoms with van der Waals surface area (Å²) in [4.78, 5) is 5.58. The van der Waals surface area contributed by atoms with E-state index in [9.17, 15) is 0 Å². The Kier molecular flexibility index (Phi) is 5.00. The summed E-state index contributed by atoms with van der Waals surface area (Å²) >= 11 is 0. The minimum absolute atomic E-state index is 0.762. The molecule has 3 fully saturated rings. The van der Waals surface area contributed by atoms with Gasteiger partial charge in [0.15, 0.2) is 0 Å². The lowest BCUT2D eigenvalue weighted by Crippen LogP contribution is -2.54. The van der Waals surface area contributed by atoms with Crippen LogP contribution in [0, 0.1) is 0 Å². The van der Waals surface area contributed by atoms with Gasteiger partial charge >= 0.3 is 0 Å². The highest BCUT2D eigenvalue weighted by Gasteiger charge is 2.42. The fourth-order valence-electron chi connectivity index (χ4n) is 4.88. The summed E-state index contributed by atoms with van der Waals surface area (Å²) in [5.74, 6) is 0. The van der Waals surface area contributed by atoms with E-state index in [2.05, 4.69) is 29.0 Å². The molecule has 116 valence electrons. The Morgan fingerprint density at radius 2 is 1.75 bits per heavy atom. The molecule has 3 saturated heterocycles. The van der Waals surface area contributed by atoms with Crippen LogP contribution in [0.3, 0.4) is 0 Å². The van der Waals surface area contributed by atoms with Gasteiger partial charge in [0.2, 0.25) is 0 Å². The second kappa shape index (κ2) is 6.76. The molecule has 3 aliphatic heterocycles. The summed E-state index contributed by atoms with van der Waals surface area (Å²) in [6.07, 6.45) is 9.77. The van der Waals surface area contributed by atoms with Gasteiger partial charge in [0.25, 0.3) is 0 Å². The average Bonchev–Trinajstić information content (AvgIpc) is 3.03. The van der Waals surface area contributed by atoms with Gasteiger partial charge in [-0.25, -0.2) is 0 Å². The van der Waals surface area contributed by atoms with Crippen molar-refractivity contribution in [1.29, 1.82) is 0 Å². The van der Waals surface area contributed by atoms with Crippen molar-refractivity contribution < 1.29 is 0 Å². The van der Waals surface area contributed by atoms with Gasteiger partial charge in [0.1, 0.15) is 0 Å². The number of piperidine rings is 1. The van der Waals surface area contributed by atoms with E-state index in [0.717, 1.165) is 24.2 Å². The Morgan fingerprint density at radius 3 is 2.35 bits per heavy atom. The maximum Gasteiger partial charge on any atom is 0.0200 e. The zero-order chi connectivity index (χ0) is 13.9. The summed E-state index contributed by atoms with van der Waals surface area (Å²) in [6, 6.07) is 3.28. The molecule has 1 N–H and O–H groups in total. The lowest BCUT2D eigenvalue weighted by atomic mass is 9.95. The third kappa shape index (κ3) is 3.20. The van der Waals surface area contributed by atoms with E-state index in [1.807, 2.05) is 0 Å². The summed E-state index contributed by atoms with van der Waals surface area (Å²) in [6.45, 7) is 9.94. The fourth-order valence-corrected chi connectivity index (χ4v) is 4.88. The number of nitrogens with zero attached hydrogens (tertiary/aromatic N) is 2. The van der Waals surface area contributed by atoms with Crippen molar-refractivity contribution in [1.82, 2.24) is 15.1 Å². The molecule has 3 heterocycles. The zero-order valence-corrected chi connectivity index (χ0v) is 13.5. The van der Waals surface area contributed by atoms with E-state index in [4.69, 9.17) is 0 Å². The van der Waals surface area contributed by atoms with Crippen molar-refractivity contribution in [2.24, 2.45) is 0 Å². The molecule has 0 aliphatic carbocycles. The largest absolute Gasteiger partial charge is 0.314 e. The van der Waals surface area contributed by atoms with E-state index in [0.29, 0.717) is 0 Å². The van der Waals surface area contributed by atoms with Crippen LogP contribution in [0.4, 0.5) is 0 Å². The predicted molar refractivity (Wildman–Crippen MR) is 85.1 cm³/mol. The van der Waals surface area contributed by atoms with Crippen LogP contribution < -0.4 is 5.32 Å². The molecule has 0 aromatic carbocycles. The number of nitrogens with one attached hydrogen (secondary N) is 1. The first-order valence-electron chi connectivity index (χ1n) is 9.01. The van der Waals surface area contributed by atoms with Gasteiger partial charge < -0.3 is 10.2 Å². The highest BCUT2D eigenvalue weighted by atomic mass is 15.3. The van der Waals surface area contributed by atoms with Crippen molar-refractivity contribution in [3.8, 4) is 0 Å². The van der Waals surface area contributed by atoms with E-state index in [-0.39, 0.29) is 0 Å². The van der Waals surface area contributed by atoms with Gasteiger partial charge in [-0.15, -0.1) is 0 Å². The molecule has 0 radical (unpaired) electrons. The molecule has 3 rings (SSSR count). The van der Waals surface area contributed by atoms with Crippen molar-refractivity contribution in [3.63, 3.8) is 0 Å². The summed E-state index contributed by atoms with van der Waals surface area (Å²) in [5.41, 5.74) is 0. The third-order valence-electron chi connectivity index (χ3n) is 5.70. The first-order valence-corrected chi connectivity index (χ1v) is 9.01. The highest BCUT2D eigenvalue weighted by molar-refractivity contribution is 4.99. The molecule has 3 atom stereocenters. The number of likely N-dealkylation sites (tertiary alicyclic amines) is 1. The van der Waals surface area contributed by atoms with Crippen molar-refractivity contribution in [2.75, 3.05) is 26.2 Å². The SMILES string of the molecule is CCCNC1CC2CCC(C1)N2C(C)CN1CCCC1. The molecular formula is C17H33N3. The molecule has 0 aromatic heterocycles. The van der Waals surface area contributed by atoms with Gasteiger partial charge in [-0.1, -0.05) is 6.92 Å². The topological polar surface area (TPSA) is 18.5 Å². The molecular weight excluding hydrogens is 246 g/mol. The highest BCUT2D eigenvalue weighted by Crippen LogP contribution is 2.37. The van der Waals surface area contributed by atoms with E-state index >= 15 is 0 Å². The maximum atomic E-state index is 3.77. The number of rotatable bonds is 6. The molecule has 0 spiro atoms. The molecule has 0 saturated carbocycles. The van der Waals surface area contributed by atoms with Gasteiger partial charge in [-0.05, 0) is 71.5 Å². The van der Waals surface area contributed by atoms with Gasteiger partial charge in [0, 0.05) is 30.7 Å². The van der Waals surface area contributed by atoms with Crippen LogP contribution in [-0.2, 0) is 0 Å². The quantitative estimate of drug-likeness (QED) is 0.806. The molecule has 0 aromatic rings. The number of fused-ring (bicyclic) bond motifs is 2. The van der Waals surface area contributed by atoms with Gasteiger partial charge in [-0.3, -0.25) is 4.90 Å². The van der Waals surface area contributed by atoms with Crippen LogP contribution >= 0.6 is 0 Å². The smallest absolute Gasteiger partial charge is 0.0200 e. The lowest BCUT2D eigenvalue weighted by Gasteiger charge is -2.43. The molecule has 3 nitrogen and oxygen atoms in total. The van der Waals surface area contributed by atoms with Crippen molar-refractivity contribution in [3.05, 3.63) is 0 Å². The maximum absolute atomic E-state index is 3.77. The Bertz CT molecular complexity index is 287. The minimum Gasteiger partial charge on any atom is -0.314 e. The normalized spacial score (nSPS) is 36.6. The summed E-state index contributed by atoms with van der Waals surface area (Å²) in [7, 11) is 0. The zero-order valence-electron chi connectivity index (χ0n) is 13.5. The Morgan fingerprint density at radius 1 is 1.10 bits per heavy atom. The third-order valence-corrected chi connectivity index (χ3v) is 5.70. The van der Waals surface area contributed by atoms with Crippen LogP contribution in [0.25, 0.3) is 0 Å². The van der Waals surface area contributed by atoms with Crippen molar-refractivity contribution in [2.45, 2.75) is 83.0 Å².